The summed E-state index contributed by atoms with van der Waals surface area (Å²) in [4.78, 5) is 12.5. The number of thioether (sulfide) groups is 1. The molecule has 5 nitrogen and oxygen atoms in total. The Morgan fingerprint density at radius 2 is 1.77 bits per heavy atom. The van der Waals surface area contributed by atoms with E-state index in [-0.39, 0.29) is 17.5 Å². The number of para-hydroxylation sites is 1. The molecule has 0 spiro atoms. The fourth-order valence-electron chi connectivity index (χ4n) is 2.78. The molecular formula is C22H17FN4OS2. The van der Waals surface area contributed by atoms with E-state index in [1.807, 2.05) is 54.6 Å². The summed E-state index contributed by atoms with van der Waals surface area (Å²) in [6.07, 6.45) is 0. The second-order valence-electron chi connectivity index (χ2n) is 6.26. The van der Waals surface area contributed by atoms with Gasteiger partial charge in [0, 0.05) is 16.9 Å². The molecule has 0 saturated carbocycles. The number of nitrogens with one attached hydrogen (secondary N) is 2. The molecule has 0 unspecified atom stereocenters. The normalized spacial score (nSPS) is 10.6. The van der Waals surface area contributed by atoms with Gasteiger partial charge in [-0.15, -0.1) is 10.2 Å². The highest BCUT2D eigenvalue weighted by molar-refractivity contribution is 8.01. The van der Waals surface area contributed by atoms with Gasteiger partial charge < -0.3 is 10.6 Å². The van der Waals surface area contributed by atoms with Crippen molar-refractivity contribution in [3.05, 3.63) is 84.7 Å². The quantitative estimate of drug-likeness (QED) is 0.358. The third-order valence-corrected chi connectivity index (χ3v) is 6.07. The third-order valence-electron chi connectivity index (χ3n) is 4.10. The first-order valence-corrected chi connectivity index (χ1v) is 10.9. The van der Waals surface area contributed by atoms with Crippen LogP contribution in [0.1, 0.15) is 0 Å². The Hall–Kier alpha value is -3.23. The van der Waals surface area contributed by atoms with Crippen LogP contribution in [0.5, 0.6) is 0 Å². The molecule has 0 aliphatic heterocycles. The monoisotopic (exact) mass is 436 g/mol. The summed E-state index contributed by atoms with van der Waals surface area (Å²) < 4.78 is 13.9. The van der Waals surface area contributed by atoms with E-state index in [0.717, 1.165) is 16.8 Å². The first-order valence-electron chi connectivity index (χ1n) is 9.10. The molecule has 1 aromatic heterocycles. The molecule has 0 aliphatic rings. The average Bonchev–Trinajstić information content (AvgIpc) is 3.21. The van der Waals surface area contributed by atoms with Gasteiger partial charge >= 0.3 is 0 Å². The second-order valence-corrected chi connectivity index (χ2v) is 8.46. The van der Waals surface area contributed by atoms with Crippen LogP contribution in [0.25, 0.3) is 11.1 Å². The lowest BCUT2D eigenvalue weighted by molar-refractivity contribution is -0.113. The standard InChI is InChI=1S/C22H17FN4OS2/c23-16-9-6-10-17(13-16)24-21-26-27-22(30-21)29-14-20(28)25-19-12-5-4-11-18(19)15-7-2-1-3-8-15/h1-13H,14H2,(H,24,26)(H,25,28). The van der Waals surface area contributed by atoms with Crippen LogP contribution >= 0.6 is 23.1 Å². The molecule has 0 radical (unpaired) electrons. The Morgan fingerprint density at radius 3 is 2.60 bits per heavy atom. The van der Waals surface area contributed by atoms with Crippen molar-refractivity contribution >= 4 is 45.5 Å². The zero-order valence-electron chi connectivity index (χ0n) is 15.7. The number of nitrogens with zero attached hydrogens (tertiary/aromatic N) is 2. The number of anilines is 3. The molecule has 3 aromatic carbocycles. The molecule has 4 rings (SSSR count). The fraction of sp³-hybridized carbons (Fsp3) is 0.0455. The highest BCUT2D eigenvalue weighted by atomic mass is 32.2. The van der Waals surface area contributed by atoms with Crippen LogP contribution in [0.15, 0.2) is 83.2 Å². The second kappa shape index (κ2) is 9.51. The van der Waals surface area contributed by atoms with Gasteiger partial charge in [0.05, 0.1) is 5.75 Å². The maximum Gasteiger partial charge on any atom is 0.234 e. The average molecular weight is 437 g/mol. The van der Waals surface area contributed by atoms with E-state index >= 15 is 0 Å². The Labute approximate surface area is 181 Å². The minimum absolute atomic E-state index is 0.127. The minimum atomic E-state index is -0.327. The Bertz CT molecular complexity index is 1150. The largest absolute Gasteiger partial charge is 0.330 e. The number of amides is 1. The first-order chi connectivity index (χ1) is 14.7. The molecule has 0 fully saturated rings. The van der Waals surface area contributed by atoms with Crippen molar-refractivity contribution in [2.75, 3.05) is 16.4 Å². The van der Waals surface area contributed by atoms with Gasteiger partial charge in [0.15, 0.2) is 4.34 Å². The highest BCUT2D eigenvalue weighted by Gasteiger charge is 2.11. The lowest BCUT2D eigenvalue weighted by atomic mass is 10.0. The number of hydrogen-bond acceptors (Lipinski definition) is 6. The number of carbonyl (C=O) groups is 1. The van der Waals surface area contributed by atoms with E-state index in [1.165, 1.54) is 35.2 Å². The summed E-state index contributed by atoms with van der Waals surface area (Å²) >= 11 is 2.61. The van der Waals surface area contributed by atoms with Crippen LogP contribution < -0.4 is 10.6 Å². The van der Waals surface area contributed by atoms with Crippen molar-refractivity contribution in [1.29, 1.82) is 0 Å². The maximum absolute atomic E-state index is 13.3. The number of rotatable bonds is 7. The number of aromatic nitrogens is 2. The molecule has 150 valence electrons. The van der Waals surface area contributed by atoms with Crippen molar-refractivity contribution in [1.82, 2.24) is 10.2 Å². The molecule has 2 N–H and O–H groups in total. The van der Waals surface area contributed by atoms with Gasteiger partial charge in [-0.1, -0.05) is 77.7 Å². The predicted octanol–water partition coefficient (Wildman–Crippen LogP) is 5.82. The SMILES string of the molecule is O=C(CSc1nnc(Nc2cccc(F)c2)s1)Nc1ccccc1-c1ccccc1. The molecule has 30 heavy (non-hydrogen) atoms. The van der Waals surface area contributed by atoms with Crippen LogP contribution in [0.2, 0.25) is 0 Å². The van der Waals surface area contributed by atoms with Gasteiger partial charge in [0.25, 0.3) is 0 Å². The number of benzene rings is 3. The summed E-state index contributed by atoms with van der Waals surface area (Å²) in [6, 6.07) is 23.7. The summed E-state index contributed by atoms with van der Waals surface area (Å²) in [6.45, 7) is 0. The van der Waals surface area contributed by atoms with E-state index in [0.29, 0.717) is 15.2 Å². The van der Waals surface area contributed by atoms with Gasteiger partial charge in [-0.3, -0.25) is 4.79 Å². The summed E-state index contributed by atoms with van der Waals surface area (Å²) in [5.41, 5.74) is 3.37. The molecule has 0 saturated heterocycles. The highest BCUT2D eigenvalue weighted by Crippen LogP contribution is 2.30. The van der Waals surface area contributed by atoms with Gasteiger partial charge in [-0.25, -0.2) is 4.39 Å². The van der Waals surface area contributed by atoms with Gasteiger partial charge in [-0.2, -0.15) is 0 Å². The predicted molar refractivity (Wildman–Crippen MR) is 121 cm³/mol. The fourth-order valence-corrected chi connectivity index (χ4v) is 4.36. The lowest BCUT2D eigenvalue weighted by Gasteiger charge is -2.10. The lowest BCUT2D eigenvalue weighted by Crippen LogP contribution is -2.14. The number of halogens is 1. The summed E-state index contributed by atoms with van der Waals surface area (Å²) in [5.74, 6) is -0.248. The molecule has 0 aliphatic carbocycles. The van der Waals surface area contributed by atoms with Crippen molar-refractivity contribution in [2.24, 2.45) is 0 Å². The van der Waals surface area contributed by atoms with Gasteiger partial charge in [-0.05, 0) is 29.8 Å². The van der Waals surface area contributed by atoms with Crippen LogP contribution in [0.4, 0.5) is 20.9 Å². The van der Waals surface area contributed by atoms with Crippen molar-refractivity contribution in [3.8, 4) is 11.1 Å². The Balaban J connectivity index is 1.36. The maximum atomic E-state index is 13.3. The molecule has 0 bridgehead atoms. The zero-order chi connectivity index (χ0) is 20.8. The van der Waals surface area contributed by atoms with Crippen molar-refractivity contribution < 1.29 is 9.18 Å². The van der Waals surface area contributed by atoms with Crippen molar-refractivity contribution in [3.63, 3.8) is 0 Å². The minimum Gasteiger partial charge on any atom is -0.330 e. The topological polar surface area (TPSA) is 66.9 Å². The van der Waals surface area contributed by atoms with Crippen molar-refractivity contribution in [2.45, 2.75) is 4.34 Å². The van der Waals surface area contributed by atoms with E-state index in [9.17, 15) is 9.18 Å². The van der Waals surface area contributed by atoms with E-state index in [1.54, 1.807) is 12.1 Å². The van der Waals surface area contributed by atoms with Gasteiger partial charge in [0.2, 0.25) is 11.0 Å². The smallest absolute Gasteiger partial charge is 0.234 e. The Morgan fingerprint density at radius 1 is 0.967 bits per heavy atom. The molecule has 0 atom stereocenters. The van der Waals surface area contributed by atoms with Crippen LogP contribution in [0, 0.1) is 5.82 Å². The summed E-state index contributed by atoms with van der Waals surface area (Å²) in [5, 5.41) is 14.6. The van der Waals surface area contributed by atoms with E-state index < -0.39 is 0 Å². The first kappa shape index (κ1) is 20.1. The third kappa shape index (κ3) is 5.22. The van der Waals surface area contributed by atoms with E-state index in [4.69, 9.17) is 0 Å². The molecule has 4 aromatic rings. The summed E-state index contributed by atoms with van der Waals surface area (Å²) in [7, 11) is 0. The molecule has 1 amide bonds. The van der Waals surface area contributed by atoms with Crippen LogP contribution in [-0.2, 0) is 4.79 Å². The van der Waals surface area contributed by atoms with Crippen LogP contribution in [0.3, 0.4) is 0 Å². The molecular weight excluding hydrogens is 419 g/mol. The number of carbonyl (C=O) groups excluding carboxylic acids is 1. The van der Waals surface area contributed by atoms with Crippen LogP contribution in [-0.4, -0.2) is 21.9 Å². The molecule has 1 heterocycles. The number of hydrogen-bond donors (Lipinski definition) is 2. The molecule has 8 heteroatoms. The zero-order valence-corrected chi connectivity index (χ0v) is 17.3. The van der Waals surface area contributed by atoms with E-state index in [2.05, 4.69) is 20.8 Å². The van der Waals surface area contributed by atoms with Gasteiger partial charge in [0.1, 0.15) is 5.82 Å². The Kier molecular flexibility index (Phi) is 6.36.